The summed E-state index contributed by atoms with van der Waals surface area (Å²) in [5.41, 5.74) is 0.0439. The Labute approximate surface area is 107 Å². The molecular formula is C10H10N4O5. The molecule has 4 amide bonds. The molecule has 2 rings (SSSR count). The highest BCUT2D eigenvalue weighted by atomic mass is 16.4. The van der Waals surface area contributed by atoms with Gasteiger partial charge in [0.1, 0.15) is 5.56 Å². The van der Waals surface area contributed by atoms with E-state index in [0.717, 1.165) is 6.20 Å². The maximum atomic E-state index is 11.7. The van der Waals surface area contributed by atoms with E-state index in [0.29, 0.717) is 9.80 Å². The van der Waals surface area contributed by atoms with Crippen LogP contribution in [0.4, 0.5) is 4.79 Å². The van der Waals surface area contributed by atoms with Crippen molar-refractivity contribution < 1.29 is 24.3 Å². The van der Waals surface area contributed by atoms with Crippen LogP contribution in [-0.2, 0) is 23.2 Å². The molecule has 0 unspecified atom stereocenters. The zero-order valence-electron chi connectivity index (χ0n) is 10.2. The van der Waals surface area contributed by atoms with Gasteiger partial charge in [-0.05, 0) is 0 Å². The number of amides is 4. The van der Waals surface area contributed by atoms with Crippen molar-refractivity contribution in [2.45, 2.75) is 6.54 Å². The molecule has 1 fully saturated rings. The second-order valence-electron chi connectivity index (χ2n) is 3.97. The first-order valence-corrected chi connectivity index (χ1v) is 5.22. The largest absolute Gasteiger partial charge is 0.478 e. The van der Waals surface area contributed by atoms with Crippen LogP contribution >= 0.6 is 0 Å². The Morgan fingerprint density at radius 2 is 1.89 bits per heavy atom. The SMILES string of the molecule is CN1C(=O)C(=O)N(Cc2c(C(=O)O)cnn2C)C1=O. The average Bonchev–Trinajstić information content (AvgIpc) is 2.80. The molecule has 0 bridgehead atoms. The maximum absolute atomic E-state index is 11.7. The number of urea groups is 1. The van der Waals surface area contributed by atoms with E-state index in [2.05, 4.69) is 5.10 Å². The predicted octanol–water partition coefficient (Wildman–Crippen LogP) is -0.961. The van der Waals surface area contributed by atoms with E-state index >= 15 is 0 Å². The molecule has 1 N–H and O–H groups in total. The fourth-order valence-electron chi connectivity index (χ4n) is 1.73. The van der Waals surface area contributed by atoms with Crippen molar-refractivity contribution in [3.8, 4) is 0 Å². The molecule has 0 aliphatic carbocycles. The minimum absolute atomic E-state index is 0.120. The Morgan fingerprint density at radius 1 is 1.26 bits per heavy atom. The maximum Gasteiger partial charge on any atom is 0.339 e. The number of hydrogen-bond acceptors (Lipinski definition) is 5. The Balaban J connectivity index is 2.35. The fourth-order valence-corrected chi connectivity index (χ4v) is 1.73. The number of rotatable bonds is 3. The lowest BCUT2D eigenvalue weighted by Crippen LogP contribution is -2.32. The lowest BCUT2D eigenvalue weighted by molar-refractivity contribution is -0.143. The number of aromatic carboxylic acids is 1. The highest BCUT2D eigenvalue weighted by Crippen LogP contribution is 2.16. The van der Waals surface area contributed by atoms with Crippen molar-refractivity contribution in [1.82, 2.24) is 19.6 Å². The van der Waals surface area contributed by atoms with E-state index in [1.54, 1.807) is 0 Å². The molecule has 1 aliphatic heterocycles. The highest BCUT2D eigenvalue weighted by molar-refractivity contribution is 6.44. The third-order valence-electron chi connectivity index (χ3n) is 2.85. The van der Waals surface area contributed by atoms with E-state index < -0.39 is 23.8 Å². The van der Waals surface area contributed by atoms with Gasteiger partial charge in [-0.2, -0.15) is 5.10 Å². The van der Waals surface area contributed by atoms with E-state index in [1.807, 2.05) is 0 Å². The standard InChI is InChI=1S/C10H10N4O5/c1-12-7(15)8(16)14(10(12)19)4-6-5(9(17)18)3-11-13(6)2/h3H,4H2,1-2H3,(H,17,18). The van der Waals surface area contributed by atoms with Crippen LogP contribution in [0.2, 0.25) is 0 Å². The molecule has 0 atom stereocenters. The molecule has 1 aliphatic rings. The predicted molar refractivity (Wildman–Crippen MR) is 58.9 cm³/mol. The second-order valence-corrected chi connectivity index (χ2v) is 3.97. The third-order valence-corrected chi connectivity index (χ3v) is 2.85. The molecule has 1 aromatic rings. The van der Waals surface area contributed by atoms with E-state index in [4.69, 9.17) is 5.11 Å². The number of aromatic nitrogens is 2. The summed E-state index contributed by atoms with van der Waals surface area (Å²) in [6, 6.07) is -0.785. The Morgan fingerprint density at radius 3 is 2.37 bits per heavy atom. The van der Waals surface area contributed by atoms with Gasteiger partial charge in [-0.15, -0.1) is 0 Å². The van der Waals surface area contributed by atoms with Crippen LogP contribution in [-0.4, -0.2) is 55.5 Å². The topological polar surface area (TPSA) is 113 Å². The van der Waals surface area contributed by atoms with Gasteiger partial charge in [-0.3, -0.25) is 19.2 Å². The summed E-state index contributed by atoms with van der Waals surface area (Å²) in [6.45, 7) is -0.314. The summed E-state index contributed by atoms with van der Waals surface area (Å²) in [7, 11) is 2.67. The van der Waals surface area contributed by atoms with Crippen LogP contribution in [0.3, 0.4) is 0 Å². The zero-order valence-corrected chi connectivity index (χ0v) is 10.2. The molecule has 9 nitrogen and oxygen atoms in total. The molecular weight excluding hydrogens is 256 g/mol. The molecule has 1 saturated heterocycles. The van der Waals surface area contributed by atoms with Crippen LogP contribution in [0.5, 0.6) is 0 Å². The van der Waals surface area contributed by atoms with Crippen molar-refractivity contribution in [2.75, 3.05) is 7.05 Å². The summed E-state index contributed by atoms with van der Waals surface area (Å²) in [6.07, 6.45) is 1.12. The Bertz CT molecular complexity index is 605. The molecule has 2 heterocycles. The molecule has 0 spiro atoms. The highest BCUT2D eigenvalue weighted by Gasteiger charge is 2.42. The number of carbonyl (C=O) groups is 4. The van der Waals surface area contributed by atoms with Crippen LogP contribution < -0.4 is 0 Å². The summed E-state index contributed by atoms with van der Waals surface area (Å²) in [5.74, 6) is -3.14. The van der Waals surface area contributed by atoms with Crippen LogP contribution in [0.25, 0.3) is 0 Å². The summed E-state index contributed by atoms with van der Waals surface area (Å²) >= 11 is 0. The molecule has 0 saturated carbocycles. The van der Waals surface area contributed by atoms with E-state index in [-0.39, 0.29) is 17.8 Å². The monoisotopic (exact) mass is 266 g/mol. The number of likely N-dealkylation sites (N-methyl/N-ethyl adjacent to an activating group) is 1. The molecule has 1 aromatic heterocycles. The molecule has 9 heteroatoms. The van der Waals surface area contributed by atoms with Crippen molar-refractivity contribution in [2.24, 2.45) is 7.05 Å². The van der Waals surface area contributed by atoms with Gasteiger partial charge in [-0.1, -0.05) is 0 Å². The van der Waals surface area contributed by atoms with Crippen LogP contribution in [0.15, 0.2) is 6.20 Å². The minimum atomic E-state index is -1.22. The van der Waals surface area contributed by atoms with E-state index in [1.165, 1.54) is 18.8 Å². The lowest BCUT2D eigenvalue weighted by atomic mass is 10.2. The quantitative estimate of drug-likeness (QED) is 0.556. The molecule has 0 aromatic carbocycles. The minimum Gasteiger partial charge on any atom is -0.478 e. The third kappa shape index (κ3) is 1.84. The van der Waals surface area contributed by atoms with Crippen LogP contribution in [0, 0.1) is 0 Å². The summed E-state index contributed by atoms with van der Waals surface area (Å²) < 4.78 is 1.24. The normalized spacial score (nSPS) is 15.6. The van der Waals surface area contributed by atoms with Gasteiger partial charge in [0, 0.05) is 14.1 Å². The number of carbonyl (C=O) groups excluding carboxylic acids is 3. The first kappa shape index (κ1) is 12.7. The van der Waals surface area contributed by atoms with E-state index in [9.17, 15) is 19.2 Å². The van der Waals surface area contributed by atoms with Gasteiger partial charge in [0.25, 0.3) is 0 Å². The van der Waals surface area contributed by atoms with Crippen molar-refractivity contribution in [3.05, 3.63) is 17.5 Å². The Kier molecular flexibility index (Phi) is 2.81. The Hall–Kier alpha value is -2.71. The smallest absolute Gasteiger partial charge is 0.339 e. The summed E-state index contributed by atoms with van der Waals surface area (Å²) in [4.78, 5) is 46.9. The van der Waals surface area contributed by atoms with Crippen LogP contribution in [0.1, 0.15) is 16.1 Å². The zero-order chi connectivity index (χ0) is 14.3. The number of nitrogens with zero attached hydrogens (tertiary/aromatic N) is 4. The second kappa shape index (κ2) is 4.19. The number of hydrogen-bond donors (Lipinski definition) is 1. The summed E-state index contributed by atoms with van der Waals surface area (Å²) in [5, 5.41) is 12.7. The first-order chi connectivity index (χ1) is 8.84. The number of carboxylic acids is 1. The van der Waals surface area contributed by atoms with Gasteiger partial charge in [0.2, 0.25) is 0 Å². The van der Waals surface area contributed by atoms with Gasteiger partial charge in [0.05, 0.1) is 18.4 Å². The number of carboxylic acid groups (broad SMARTS) is 1. The van der Waals surface area contributed by atoms with Gasteiger partial charge < -0.3 is 5.11 Å². The number of aryl methyl sites for hydroxylation is 1. The first-order valence-electron chi connectivity index (χ1n) is 5.22. The van der Waals surface area contributed by atoms with Crippen molar-refractivity contribution in [1.29, 1.82) is 0 Å². The fraction of sp³-hybridized carbons (Fsp3) is 0.300. The van der Waals surface area contributed by atoms with Gasteiger partial charge >= 0.3 is 23.8 Å². The molecule has 0 radical (unpaired) electrons. The lowest BCUT2D eigenvalue weighted by Gasteiger charge is -2.13. The molecule has 19 heavy (non-hydrogen) atoms. The average molecular weight is 266 g/mol. The van der Waals surface area contributed by atoms with Crippen molar-refractivity contribution >= 4 is 23.8 Å². The van der Waals surface area contributed by atoms with Gasteiger partial charge in [0.15, 0.2) is 0 Å². The van der Waals surface area contributed by atoms with Crippen molar-refractivity contribution in [3.63, 3.8) is 0 Å². The molecule has 100 valence electrons. The number of imide groups is 2. The van der Waals surface area contributed by atoms with Gasteiger partial charge in [-0.25, -0.2) is 14.5 Å².